The predicted molar refractivity (Wildman–Crippen MR) is 59.2 cm³/mol. The first-order valence-corrected chi connectivity index (χ1v) is 7.40. The second-order valence-corrected chi connectivity index (χ2v) is 5.63. The number of phosphoric acid groups is 2. The normalized spacial score (nSPS) is 13.1. The lowest BCUT2D eigenvalue weighted by molar-refractivity contribution is -0.138. The molecule has 0 aliphatic rings. The van der Waals surface area contributed by atoms with E-state index in [9.17, 15) is 18.7 Å². The molecule has 0 saturated carbocycles. The molecule has 9 N–H and O–H groups in total. The maximum atomic E-state index is 10.1. The van der Waals surface area contributed by atoms with Crippen LogP contribution in [0.5, 0.6) is 0 Å². The summed E-state index contributed by atoms with van der Waals surface area (Å²) in [5.74, 6) is -1.64. The Hall–Kier alpha value is -0.840. The molecule has 0 saturated heterocycles. The van der Waals surface area contributed by atoms with Gasteiger partial charge in [0.05, 0.1) is 0 Å². The van der Waals surface area contributed by atoms with Crippen LogP contribution in [-0.2, 0) is 23.0 Å². The number of primary amides is 1. The third-order valence-corrected chi connectivity index (χ3v) is 2.93. The van der Waals surface area contributed by atoms with E-state index in [1.165, 1.54) is 0 Å². The lowest BCUT2D eigenvalue weighted by Gasteiger charge is -2.03. The van der Waals surface area contributed by atoms with Gasteiger partial charge in [0.25, 0.3) is 0 Å². The van der Waals surface area contributed by atoms with E-state index in [0.717, 1.165) is 0 Å². The number of carboxylic acids is 1. The first kappa shape index (κ1) is 20.5. The Bertz CT molecular complexity index is 379. The van der Waals surface area contributed by atoms with Gasteiger partial charge in [0.2, 0.25) is 5.91 Å². The Morgan fingerprint density at radius 3 is 1.63 bits per heavy atom. The van der Waals surface area contributed by atoms with Crippen molar-refractivity contribution in [2.24, 2.45) is 11.5 Å². The van der Waals surface area contributed by atoms with Gasteiger partial charge in [-0.25, -0.2) is 9.13 Å². The lowest BCUT2D eigenvalue weighted by atomic mass is 10.2. The second-order valence-electron chi connectivity index (χ2n) is 3.01. The molecule has 1 amide bonds. The maximum absolute atomic E-state index is 10.1. The summed E-state index contributed by atoms with van der Waals surface area (Å²) >= 11 is 0. The minimum absolute atomic E-state index is 0.0213. The molecule has 0 aromatic heterocycles. The van der Waals surface area contributed by atoms with Gasteiger partial charge in [0.1, 0.15) is 6.04 Å². The molecule has 0 radical (unpaired) electrons. The molecule has 12 nitrogen and oxygen atoms in total. The Morgan fingerprint density at radius 2 is 1.47 bits per heavy atom. The molecule has 0 aliphatic carbocycles. The van der Waals surface area contributed by atoms with Gasteiger partial charge >= 0.3 is 21.6 Å². The Kier molecular flexibility index (Phi) is 9.00. The molecule has 0 fully saturated rings. The van der Waals surface area contributed by atoms with Crippen molar-refractivity contribution in [2.75, 3.05) is 0 Å². The topological polar surface area (TPSA) is 231 Å². The molecule has 114 valence electrons. The molecule has 0 heterocycles. The minimum Gasteiger partial charge on any atom is -0.480 e. The number of carbonyl (C=O) groups is 2. The summed E-state index contributed by atoms with van der Waals surface area (Å²) in [7, 11) is -10.1. The average Bonchev–Trinajstić information content (AvgIpc) is 2.08. The molecule has 0 aromatic rings. The van der Waals surface area contributed by atoms with E-state index < -0.39 is 33.6 Å². The zero-order valence-electron chi connectivity index (χ0n) is 9.32. The molecule has 0 bridgehead atoms. The number of nitrogens with two attached hydrogens (primary N) is 2. The van der Waals surface area contributed by atoms with Crippen LogP contribution in [-0.4, -0.2) is 42.6 Å². The van der Waals surface area contributed by atoms with Crippen LogP contribution in [0.2, 0.25) is 0 Å². The third-order valence-electron chi connectivity index (χ3n) is 1.23. The largest absolute Gasteiger partial charge is 0.480 e. The highest BCUT2D eigenvalue weighted by molar-refractivity contribution is 7.60. The number of rotatable bonds is 6. The van der Waals surface area contributed by atoms with Crippen molar-refractivity contribution < 1.29 is 47.7 Å². The average molecular weight is 324 g/mol. The van der Waals surface area contributed by atoms with E-state index >= 15 is 0 Å². The number of carbonyl (C=O) groups excluding carboxylic acids is 1. The van der Waals surface area contributed by atoms with Crippen molar-refractivity contribution in [2.45, 2.75) is 18.9 Å². The molecular weight excluding hydrogens is 310 g/mol. The zero-order chi connectivity index (χ0) is 15.9. The van der Waals surface area contributed by atoms with E-state index in [2.05, 4.69) is 4.31 Å². The number of hydrogen-bond acceptors (Lipinski definition) is 6. The predicted octanol–water partition coefficient (Wildman–Crippen LogP) is -2.15. The van der Waals surface area contributed by atoms with Crippen LogP contribution in [0.25, 0.3) is 0 Å². The summed E-state index contributed by atoms with van der Waals surface area (Å²) in [6.07, 6.45) is 0.123. The van der Waals surface area contributed by atoms with Crippen LogP contribution in [0.3, 0.4) is 0 Å². The van der Waals surface area contributed by atoms with Crippen LogP contribution in [0.1, 0.15) is 12.8 Å². The third kappa shape index (κ3) is 19.7. The highest BCUT2D eigenvalue weighted by Crippen LogP contribution is 2.53. The zero-order valence-corrected chi connectivity index (χ0v) is 11.1. The standard InChI is InChI=1S/C5H10N2O3.H4O7P2/c6-3(5(9)10)1-2-4(7)8;1-8(2,3)7-9(4,5)6/h3H,1-2,6H2,(H2,7,8)(H,9,10);(H2,1,2,3)(H2,4,5,6). The monoisotopic (exact) mass is 324 g/mol. The Balaban J connectivity index is 0. The first-order chi connectivity index (χ1) is 8.24. The van der Waals surface area contributed by atoms with Crippen LogP contribution >= 0.6 is 15.6 Å². The summed E-state index contributed by atoms with van der Waals surface area (Å²) in [4.78, 5) is 51.1. The molecule has 1 unspecified atom stereocenters. The molecule has 0 aliphatic heterocycles. The molecule has 19 heavy (non-hydrogen) atoms. The van der Waals surface area contributed by atoms with Crippen LogP contribution in [0, 0.1) is 0 Å². The SMILES string of the molecule is NC(=O)CCC(N)C(=O)O.O=P(O)(O)OP(=O)(O)O. The Morgan fingerprint density at radius 1 is 1.11 bits per heavy atom. The van der Waals surface area contributed by atoms with Gasteiger partial charge < -0.3 is 36.1 Å². The van der Waals surface area contributed by atoms with Gasteiger partial charge in [-0.1, -0.05) is 0 Å². The summed E-state index contributed by atoms with van der Waals surface area (Å²) in [5.41, 5.74) is 9.81. The first-order valence-electron chi connectivity index (χ1n) is 4.33. The minimum atomic E-state index is -5.05. The summed E-state index contributed by atoms with van der Waals surface area (Å²) in [6, 6.07) is -0.979. The van der Waals surface area contributed by atoms with Crippen molar-refractivity contribution in [1.82, 2.24) is 0 Å². The fourth-order valence-corrected chi connectivity index (χ4v) is 1.67. The summed E-state index contributed by atoms with van der Waals surface area (Å²) in [5, 5.41) is 8.22. The van der Waals surface area contributed by atoms with E-state index in [-0.39, 0.29) is 12.8 Å². The van der Waals surface area contributed by atoms with Gasteiger partial charge in [-0.15, -0.1) is 0 Å². The molecule has 0 spiro atoms. The van der Waals surface area contributed by atoms with Crippen molar-refractivity contribution in [3.8, 4) is 0 Å². The molecule has 14 heteroatoms. The van der Waals surface area contributed by atoms with Crippen molar-refractivity contribution in [3.05, 3.63) is 0 Å². The van der Waals surface area contributed by atoms with Crippen LogP contribution in [0.4, 0.5) is 0 Å². The van der Waals surface area contributed by atoms with Crippen molar-refractivity contribution in [3.63, 3.8) is 0 Å². The number of carboxylic acid groups (broad SMARTS) is 1. The number of aliphatic carboxylic acids is 1. The summed E-state index contributed by atoms with van der Waals surface area (Å²) in [6.45, 7) is 0. The van der Waals surface area contributed by atoms with Gasteiger partial charge in [0, 0.05) is 6.42 Å². The van der Waals surface area contributed by atoms with E-state index in [4.69, 9.17) is 36.1 Å². The van der Waals surface area contributed by atoms with Crippen LogP contribution in [0.15, 0.2) is 0 Å². The van der Waals surface area contributed by atoms with Gasteiger partial charge in [-0.2, -0.15) is 4.31 Å². The number of amides is 1. The molecule has 0 aromatic carbocycles. The second kappa shape index (κ2) is 8.35. The van der Waals surface area contributed by atoms with E-state index in [1.54, 1.807) is 0 Å². The summed E-state index contributed by atoms with van der Waals surface area (Å²) < 4.78 is 22.2. The van der Waals surface area contributed by atoms with Gasteiger partial charge in [-0.05, 0) is 6.42 Å². The van der Waals surface area contributed by atoms with E-state index in [0.29, 0.717) is 0 Å². The van der Waals surface area contributed by atoms with Crippen molar-refractivity contribution in [1.29, 1.82) is 0 Å². The lowest BCUT2D eigenvalue weighted by Crippen LogP contribution is -2.31. The fraction of sp³-hybridized carbons (Fsp3) is 0.600. The van der Waals surface area contributed by atoms with Crippen molar-refractivity contribution >= 4 is 27.5 Å². The Labute approximate surface area is 106 Å². The van der Waals surface area contributed by atoms with Gasteiger partial charge in [-0.3, -0.25) is 9.59 Å². The van der Waals surface area contributed by atoms with Gasteiger partial charge in [0.15, 0.2) is 0 Å². The van der Waals surface area contributed by atoms with E-state index in [1.807, 2.05) is 0 Å². The quantitative estimate of drug-likeness (QED) is 0.260. The smallest absolute Gasteiger partial charge is 0.478 e. The molecule has 0 rings (SSSR count). The highest BCUT2D eigenvalue weighted by atomic mass is 31.3. The number of hydrogen-bond donors (Lipinski definition) is 7. The molecular formula is C5H14N2O10P2. The maximum Gasteiger partial charge on any atom is 0.478 e. The fourth-order valence-electron chi connectivity index (χ4n) is 0.560. The highest BCUT2D eigenvalue weighted by Gasteiger charge is 2.27. The molecule has 1 atom stereocenters. The van der Waals surface area contributed by atoms with Crippen LogP contribution < -0.4 is 11.5 Å².